The number of carbonyl (C=O) groups excluding carboxylic acids is 2. The Kier molecular flexibility index (Phi) is 5.74. The Hall–Kier alpha value is -3.28. The van der Waals surface area contributed by atoms with E-state index in [1.807, 2.05) is 18.2 Å². The van der Waals surface area contributed by atoms with Crippen LogP contribution in [-0.2, 0) is 11.3 Å². The molecule has 1 aliphatic heterocycles. The summed E-state index contributed by atoms with van der Waals surface area (Å²) < 4.78 is 5.73. The van der Waals surface area contributed by atoms with Gasteiger partial charge in [-0.25, -0.2) is 0 Å². The maximum atomic E-state index is 12.5. The second kappa shape index (κ2) is 8.61. The second-order valence-electron chi connectivity index (χ2n) is 6.64. The summed E-state index contributed by atoms with van der Waals surface area (Å²) in [4.78, 5) is 24.9. The monoisotopic (exact) mass is 438 g/mol. The quantitative estimate of drug-likeness (QED) is 0.543. The van der Waals surface area contributed by atoms with Gasteiger partial charge in [0.2, 0.25) is 0 Å². The summed E-state index contributed by atoms with van der Waals surface area (Å²) in [5.41, 5.74) is 2.52. The number of fused-ring (bicyclic) bond motifs is 1. The molecule has 0 radical (unpaired) electrons. The molecule has 3 aromatic carbocycles. The first-order valence-corrected chi connectivity index (χ1v) is 9.87. The molecule has 0 aliphatic carbocycles. The van der Waals surface area contributed by atoms with E-state index in [4.69, 9.17) is 27.9 Å². The smallest absolute Gasteiger partial charge is 0.291 e. The first-order valence-electron chi connectivity index (χ1n) is 9.11. The molecule has 0 saturated heterocycles. The Morgan fingerprint density at radius 3 is 2.57 bits per heavy atom. The van der Waals surface area contributed by atoms with Crippen LogP contribution in [0, 0.1) is 0 Å². The van der Waals surface area contributed by atoms with Crippen LogP contribution in [0.3, 0.4) is 0 Å². The molecule has 3 aromatic rings. The zero-order valence-corrected chi connectivity index (χ0v) is 17.1. The van der Waals surface area contributed by atoms with Gasteiger partial charge in [0.25, 0.3) is 11.8 Å². The standard InChI is InChI=1S/C23H16Cl2N2O3/c24-17-7-4-14(5-8-17)13-26-22(28)16-6-9-20-19(12-16)27-23(29)21(30-20)11-15-2-1-3-18(25)10-15/h1-12H,13H2,(H,26,28)(H,27,29)/b21-11-. The molecular weight excluding hydrogens is 423 g/mol. The van der Waals surface area contributed by atoms with Gasteiger partial charge >= 0.3 is 0 Å². The van der Waals surface area contributed by atoms with Crippen molar-refractivity contribution in [2.75, 3.05) is 5.32 Å². The molecule has 0 fully saturated rings. The normalized spacial score (nSPS) is 13.9. The molecule has 150 valence electrons. The predicted molar refractivity (Wildman–Crippen MR) is 118 cm³/mol. The highest BCUT2D eigenvalue weighted by atomic mass is 35.5. The topological polar surface area (TPSA) is 67.4 Å². The number of ether oxygens (including phenoxy) is 1. The Bertz CT molecular complexity index is 1160. The van der Waals surface area contributed by atoms with Crippen molar-refractivity contribution in [1.82, 2.24) is 5.32 Å². The van der Waals surface area contributed by atoms with Crippen LogP contribution in [0.4, 0.5) is 5.69 Å². The molecule has 0 atom stereocenters. The Morgan fingerprint density at radius 1 is 1.00 bits per heavy atom. The molecule has 0 saturated carbocycles. The summed E-state index contributed by atoms with van der Waals surface area (Å²) in [5.74, 6) is -0.0645. The van der Waals surface area contributed by atoms with Crippen molar-refractivity contribution in [3.8, 4) is 5.75 Å². The Balaban J connectivity index is 1.48. The van der Waals surface area contributed by atoms with E-state index in [9.17, 15) is 9.59 Å². The van der Waals surface area contributed by atoms with Crippen molar-refractivity contribution in [2.24, 2.45) is 0 Å². The van der Waals surface area contributed by atoms with Crippen molar-refractivity contribution in [1.29, 1.82) is 0 Å². The molecule has 1 aliphatic rings. The number of nitrogens with one attached hydrogen (secondary N) is 2. The number of amides is 2. The van der Waals surface area contributed by atoms with E-state index in [1.165, 1.54) is 0 Å². The summed E-state index contributed by atoms with van der Waals surface area (Å²) in [6.45, 7) is 0.364. The molecule has 7 heteroatoms. The molecule has 2 amide bonds. The molecular formula is C23H16Cl2N2O3. The van der Waals surface area contributed by atoms with E-state index in [0.717, 1.165) is 11.1 Å². The first-order chi connectivity index (χ1) is 14.5. The highest BCUT2D eigenvalue weighted by molar-refractivity contribution is 6.31. The van der Waals surface area contributed by atoms with E-state index >= 15 is 0 Å². The summed E-state index contributed by atoms with van der Waals surface area (Å²) in [7, 11) is 0. The van der Waals surface area contributed by atoms with E-state index in [2.05, 4.69) is 10.6 Å². The average molecular weight is 439 g/mol. The maximum Gasteiger partial charge on any atom is 0.291 e. The summed E-state index contributed by atoms with van der Waals surface area (Å²) in [6, 6.07) is 19.2. The second-order valence-corrected chi connectivity index (χ2v) is 7.51. The molecule has 0 spiro atoms. The third kappa shape index (κ3) is 4.64. The average Bonchev–Trinajstić information content (AvgIpc) is 2.73. The van der Waals surface area contributed by atoms with Gasteiger partial charge in [0.15, 0.2) is 11.5 Å². The van der Waals surface area contributed by atoms with Crippen LogP contribution in [0.1, 0.15) is 21.5 Å². The Morgan fingerprint density at radius 2 is 1.80 bits per heavy atom. The molecule has 0 bridgehead atoms. The van der Waals surface area contributed by atoms with Gasteiger partial charge in [0.1, 0.15) is 0 Å². The van der Waals surface area contributed by atoms with Gasteiger partial charge in [-0.05, 0) is 59.7 Å². The number of rotatable bonds is 4. The van der Waals surface area contributed by atoms with Gasteiger partial charge in [-0.15, -0.1) is 0 Å². The number of benzene rings is 3. The van der Waals surface area contributed by atoms with Crippen molar-refractivity contribution >= 4 is 46.8 Å². The van der Waals surface area contributed by atoms with E-state index in [1.54, 1.807) is 54.6 Å². The van der Waals surface area contributed by atoms with Crippen molar-refractivity contribution in [2.45, 2.75) is 6.54 Å². The van der Waals surface area contributed by atoms with Crippen LogP contribution in [0.5, 0.6) is 5.75 Å². The fourth-order valence-corrected chi connectivity index (χ4v) is 3.26. The number of hydrogen-bond acceptors (Lipinski definition) is 3. The number of carbonyl (C=O) groups is 2. The summed E-state index contributed by atoms with van der Waals surface area (Å²) in [5, 5.41) is 6.80. The summed E-state index contributed by atoms with van der Waals surface area (Å²) in [6.07, 6.45) is 1.61. The lowest BCUT2D eigenvalue weighted by molar-refractivity contribution is -0.115. The molecule has 0 unspecified atom stereocenters. The third-order valence-corrected chi connectivity index (χ3v) is 4.93. The third-order valence-electron chi connectivity index (χ3n) is 4.45. The van der Waals surface area contributed by atoms with Gasteiger partial charge in [0.05, 0.1) is 5.69 Å². The van der Waals surface area contributed by atoms with E-state index in [-0.39, 0.29) is 11.7 Å². The highest BCUT2D eigenvalue weighted by Crippen LogP contribution is 2.32. The highest BCUT2D eigenvalue weighted by Gasteiger charge is 2.23. The van der Waals surface area contributed by atoms with Crippen LogP contribution in [0.2, 0.25) is 10.0 Å². The number of anilines is 1. The lowest BCUT2D eigenvalue weighted by Crippen LogP contribution is -2.25. The number of halogens is 2. The SMILES string of the molecule is O=C1Nc2cc(C(=O)NCc3ccc(Cl)cc3)ccc2O/C1=C\c1cccc(Cl)c1. The predicted octanol–water partition coefficient (Wildman–Crippen LogP) is 5.30. The fraction of sp³-hybridized carbons (Fsp3) is 0.0435. The molecule has 2 N–H and O–H groups in total. The van der Waals surface area contributed by atoms with Gasteiger partial charge in [-0.2, -0.15) is 0 Å². The van der Waals surface area contributed by atoms with E-state index < -0.39 is 5.91 Å². The minimum Gasteiger partial charge on any atom is -0.449 e. The minimum atomic E-state index is -0.402. The molecule has 0 aromatic heterocycles. The van der Waals surface area contributed by atoms with Gasteiger partial charge in [0, 0.05) is 22.2 Å². The largest absolute Gasteiger partial charge is 0.449 e. The van der Waals surface area contributed by atoms with Gasteiger partial charge < -0.3 is 15.4 Å². The van der Waals surface area contributed by atoms with Crippen molar-refractivity contribution in [3.63, 3.8) is 0 Å². The fourth-order valence-electron chi connectivity index (χ4n) is 2.94. The van der Waals surface area contributed by atoms with Crippen LogP contribution in [0.15, 0.2) is 72.5 Å². The maximum absolute atomic E-state index is 12.5. The zero-order valence-electron chi connectivity index (χ0n) is 15.6. The van der Waals surface area contributed by atoms with Crippen LogP contribution < -0.4 is 15.4 Å². The molecule has 1 heterocycles. The minimum absolute atomic E-state index is 0.143. The Labute approximate surface area is 183 Å². The van der Waals surface area contributed by atoms with Gasteiger partial charge in [-0.1, -0.05) is 47.5 Å². The zero-order chi connectivity index (χ0) is 21.1. The van der Waals surface area contributed by atoms with Crippen molar-refractivity contribution < 1.29 is 14.3 Å². The lowest BCUT2D eigenvalue weighted by atomic mass is 10.1. The lowest BCUT2D eigenvalue weighted by Gasteiger charge is -2.20. The van der Waals surface area contributed by atoms with Gasteiger partial charge in [-0.3, -0.25) is 9.59 Å². The first kappa shape index (κ1) is 20.0. The van der Waals surface area contributed by atoms with Crippen molar-refractivity contribution in [3.05, 3.63) is 99.2 Å². The van der Waals surface area contributed by atoms with Crippen LogP contribution >= 0.6 is 23.2 Å². The molecule has 30 heavy (non-hydrogen) atoms. The van der Waals surface area contributed by atoms with Crippen LogP contribution in [0.25, 0.3) is 6.08 Å². The molecule has 4 rings (SSSR count). The molecule has 5 nitrogen and oxygen atoms in total. The van der Waals surface area contributed by atoms with E-state index in [0.29, 0.717) is 33.6 Å². The van der Waals surface area contributed by atoms with Crippen LogP contribution in [-0.4, -0.2) is 11.8 Å². The number of hydrogen-bond donors (Lipinski definition) is 2. The summed E-state index contributed by atoms with van der Waals surface area (Å²) >= 11 is 11.9.